The quantitative estimate of drug-likeness (QED) is 0.935. The van der Waals surface area contributed by atoms with Crippen LogP contribution in [0.5, 0.6) is 11.5 Å². The van der Waals surface area contributed by atoms with Crippen LogP contribution in [-0.2, 0) is 11.2 Å². The molecule has 0 fully saturated rings. The van der Waals surface area contributed by atoms with Gasteiger partial charge in [-0.25, -0.2) is 0 Å². The number of anilines is 1. The van der Waals surface area contributed by atoms with E-state index in [0.717, 1.165) is 5.56 Å². The zero-order valence-corrected chi connectivity index (χ0v) is 14.5. The van der Waals surface area contributed by atoms with Crippen molar-refractivity contribution in [3.05, 3.63) is 53.1 Å². The van der Waals surface area contributed by atoms with Gasteiger partial charge in [0.25, 0.3) is 5.91 Å². The van der Waals surface area contributed by atoms with Crippen LogP contribution in [0, 0.1) is 13.8 Å². The molecule has 1 unspecified atom stereocenters. The fourth-order valence-corrected chi connectivity index (χ4v) is 3.17. The summed E-state index contributed by atoms with van der Waals surface area (Å²) in [5.74, 6) is 0.653. The first-order chi connectivity index (χ1) is 11.4. The van der Waals surface area contributed by atoms with Gasteiger partial charge in [-0.1, -0.05) is 18.2 Å². The number of aryl methyl sites for hydroxylation is 1. The van der Waals surface area contributed by atoms with Crippen LogP contribution in [0.4, 0.5) is 5.69 Å². The molecule has 126 valence electrons. The molecule has 0 aromatic heterocycles. The molecule has 1 N–H and O–H groups in total. The lowest BCUT2D eigenvalue weighted by Gasteiger charge is -2.37. The molecule has 2 aromatic carbocycles. The summed E-state index contributed by atoms with van der Waals surface area (Å²) >= 11 is 0. The predicted molar refractivity (Wildman–Crippen MR) is 94.8 cm³/mol. The Morgan fingerprint density at radius 1 is 1.21 bits per heavy atom. The number of rotatable bonds is 3. The zero-order chi connectivity index (χ0) is 17.4. The maximum Gasteiger partial charge on any atom is 0.268 e. The summed E-state index contributed by atoms with van der Waals surface area (Å²) in [7, 11) is 0. The third-order valence-corrected chi connectivity index (χ3v) is 4.62. The summed E-state index contributed by atoms with van der Waals surface area (Å²) in [5.41, 5.74) is 4.21. The fraction of sp³-hybridized carbons (Fsp3) is 0.350. The van der Waals surface area contributed by atoms with Crippen molar-refractivity contribution in [2.45, 2.75) is 46.3 Å². The summed E-state index contributed by atoms with van der Waals surface area (Å²) in [6.45, 7) is 8.10. The van der Waals surface area contributed by atoms with E-state index in [1.54, 1.807) is 23.1 Å². The molecule has 0 saturated heterocycles. The maximum absolute atomic E-state index is 13.0. The van der Waals surface area contributed by atoms with Gasteiger partial charge >= 0.3 is 0 Å². The van der Waals surface area contributed by atoms with Gasteiger partial charge in [0.1, 0.15) is 11.5 Å². The highest BCUT2D eigenvalue weighted by Gasteiger charge is 2.36. The van der Waals surface area contributed by atoms with E-state index in [2.05, 4.69) is 19.9 Å². The van der Waals surface area contributed by atoms with Crippen molar-refractivity contribution < 1.29 is 14.6 Å². The smallest absolute Gasteiger partial charge is 0.268 e. The van der Waals surface area contributed by atoms with Gasteiger partial charge < -0.3 is 14.7 Å². The number of carbonyl (C=O) groups excluding carboxylic acids is 1. The molecule has 2 aromatic rings. The Bertz CT molecular complexity index is 782. The molecule has 0 radical (unpaired) electrons. The van der Waals surface area contributed by atoms with Gasteiger partial charge in [-0.05, 0) is 56.5 Å². The number of amides is 1. The predicted octanol–water partition coefficient (Wildman–Crippen LogP) is 3.75. The van der Waals surface area contributed by atoms with Crippen LogP contribution in [0.15, 0.2) is 36.4 Å². The molecular formula is C20H23NO3. The molecule has 0 saturated carbocycles. The van der Waals surface area contributed by atoms with Gasteiger partial charge in [-0.2, -0.15) is 0 Å². The van der Waals surface area contributed by atoms with Gasteiger partial charge in [-0.3, -0.25) is 4.79 Å². The van der Waals surface area contributed by atoms with Crippen LogP contribution in [0.25, 0.3) is 0 Å². The number of fused-ring (bicyclic) bond motifs is 1. The van der Waals surface area contributed by atoms with E-state index in [1.807, 2.05) is 26.0 Å². The number of phenols is 1. The molecule has 24 heavy (non-hydrogen) atoms. The first-order valence-corrected chi connectivity index (χ1v) is 8.26. The van der Waals surface area contributed by atoms with Gasteiger partial charge in [0.15, 0.2) is 6.10 Å². The monoisotopic (exact) mass is 325 g/mol. The summed E-state index contributed by atoms with van der Waals surface area (Å²) in [4.78, 5) is 14.7. The molecule has 4 nitrogen and oxygen atoms in total. The number of benzene rings is 2. The van der Waals surface area contributed by atoms with Crippen LogP contribution < -0.4 is 9.64 Å². The van der Waals surface area contributed by atoms with Crippen LogP contribution in [-0.4, -0.2) is 23.2 Å². The van der Waals surface area contributed by atoms with Crippen LogP contribution in [0.2, 0.25) is 0 Å². The second-order valence-electron chi connectivity index (χ2n) is 6.62. The number of phenolic OH excluding ortho intramolecular Hbond substituents is 1. The number of ether oxygens (including phenoxy) is 1. The van der Waals surface area contributed by atoms with Crippen LogP contribution >= 0.6 is 0 Å². The molecule has 3 rings (SSSR count). The summed E-state index contributed by atoms with van der Waals surface area (Å²) in [6.07, 6.45) is -0.0628. The molecule has 4 heteroatoms. The highest BCUT2D eigenvalue weighted by Crippen LogP contribution is 2.38. The van der Waals surface area contributed by atoms with Crippen molar-refractivity contribution in [2.24, 2.45) is 0 Å². The zero-order valence-electron chi connectivity index (χ0n) is 14.5. The first kappa shape index (κ1) is 16.4. The Hall–Kier alpha value is -2.49. The Kier molecular flexibility index (Phi) is 4.22. The molecule has 1 aliphatic heterocycles. The summed E-state index contributed by atoms with van der Waals surface area (Å²) in [6, 6.07) is 11.0. The van der Waals surface area contributed by atoms with E-state index in [9.17, 15) is 9.90 Å². The summed E-state index contributed by atoms with van der Waals surface area (Å²) in [5, 5.41) is 9.75. The highest BCUT2D eigenvalue weighted by molar-refractivity contribution is 6.00. The minimum absolute atomic E-state index is 0.0193. The van der Waals surface area contributed by atoms with Gasteiger partial charge in [0.2, 0.25) is 0 Å². The molecule has 0 bridgehead atoms. The number of nitrogens with zero attached hydrogens (tertiary/aromatic N) is 1. The number of hydrogen-bond acceptors (Lipinski definition) is 3. The SMILES string of the molecule is Cc1cccc(CC2Oc3cc(O)ccc3N(C(C)C)C2=O)c1C. The average Bonchev–Trinajstić information content (AvgIpc) is 2.52. The average molecular weight is 325 g/mol. The van der Waals surface area contributed by atoms with Gasteiger partial charge in [0.05, 0.1) is 5.69 Å². The van der Waals surface area contributed by atoms with Crippen molar-refractivity contribution >= 4 is 11.6 Å². The van der Waals surface area contributed by atoms with E-state index >= 15 is 0 Å². The van der Waals surface area contributed by atoms with Crippen molar-refractivity contribution in [1.29, 1.82) is 0 Å². The molecule has 0 spiro atoms. The largest absolute Gasteiger partial charge is 0.508 e. The first-order valence-electron chi connectivity index (χ1n) is 8.26. The van der Waals surface area contributed by atoms with E-state index in [-0.39, 0.29) is 17.7 Å². The Morgan fingerprint density at radius 2 is 1.96 bits per heavy atom. The standard InChI is InChI=1S/C20H23NO3/c1-12(2)21-17-9-8-16(22)11-18(17)24-19(20(21)23)10-15-7-5-6-13(3)14(15)4/h5-9,11-12,19,22H,10H2,1-4H3. The van der Waals surface area contributed by atoms with Crippen LogP contribution in [0.1, 0.15) is 30.5 Å². The molecular weight excluding hydrogens is 302 g/mol. The van der Waals surface area contributed by atoms with Gasteiger partial charge in [-0.15, -0.1) is 0 Å². The summed E-state index contributed by atoms with van der Waals surface area (Å²) < 4.78 is 5.95. The van der Waals surface area contributed by atoms with Gasteiger partial charge in [0, 0.05) is 18.5 Å². The Balaban J connectivity index is 1.98. The lowest BCUT2D eigenvalue weighted by Crippen LogP contribution is -2.50. The Labute approximate surface area is 142 Å². The lowest BCUT2D eigenvalue weighted by atomic mass is 9.97. The number of aromatic hydroxyl groups is 1. The molecule has 1 heterocycles. The third-order valence-electron chi connectivity index (χ3n) is 4.62. The Morgan fingerprint density at radius 3 is 2.67 bits per heavy atom. The third kappa shape index (κ3) is 2.84. The van der Waals surface area contributed by atoms with Crippen molar-refractivity contribution in [2.75, 3.05) is 4.90 Å². The van der Waals surface area contributed by atoms with Crippen LogP contribution in [0.3, 0.4) is 0 Å². The van der Waals surface area contributed by atoms with E-state index in [0.29, 0.717) is 17.9 Å². The normalized spacial score (nSPS) is 17.0. The molecule has 1 amide bonds. The number of carbonyl (C=O) groups is 1. The van der Waals surface area contributed by atoms with Crippen molar-refractivity contribution in [3.63, 3.8) is 0 Å². The van der Waals surface area contributed by atoms with E-state index < -0.39 is 6.10 Å². The second-order valence-corrected chi connectivity index (χ2v) is 6.62. The second kappa shape index (κ2) is 6.19. The highest BCUT2D eigenvalue weighted by atomic mass is 16.5. The fourth-order valence-electron chi connectivity index (χ4n) is 3.17. The van der Waals surface area contributed by atoms with E-state index in [4.69, 9.17) is 4.74 Å². The maximum atomic E-state index is 13.0. The molecule has 1 aliphatic rings. The number of hydrogen-bond donors (Lipinski definition) is 1. The molecule has 0 aliphatic carbocycles. The van der Waals surface area contributed by atoms with E-state index in [1.165, 1.54) is 11.1 Å². The minimum atomic E-state index is -0.581. The van der Waals surface area contributed by atoms with Crippen molar-refractivity contribution in [1.82, 2.24) is 0 Å². The minimum Gasteiger partial charge on any atom is -0.508 e. The lowest BCUT2D eigenvalue weighted by molar-refractivity contribution is -0.126. The van der Waals surface area contributed by atoms with Crippen molar-refractivity contribution in [3.8, 4) is 11.5 Å². The molecule has 1 atom stereocenters. The topological polar surface area (TPSA) is 49.8 Å².